The normalized spacial score (nSPS) is 12.0. The molecule has 3 rings (SSSR count). The Labute approximate surface area is 204 Å². The molecule has 0 fully saturated rings. The highest BCUT2D eigenvalue weighted by Gasteiger charge is 2.23. The quantitative estimate of drug-likeness (QED) is 0.439. The fourth-order valence-electron chi connectivity index (χ4n) is 2.95. The van der Waals surface area contributed by atoms with E-state index < -0.39 is 19.7 Å². The lowest BCUT2D eigenvalue weighted by molar-refractivity contribution is 0.0985. The summed E-state index contributed by atoms with van der Waals surface area (Å²) in [5.74, 6) is -0.328. The van der Waals surface area contributed by atoms with Crippen molar-refractivity contribution in [1.82, 2.24) is 9.88 Å². The van der Waals surface area contributed by atoms with Crippen molar-refractivity contribution in [2.45, 2.75) is 16.7 Å². The number of rotatable bonds is 8. The van der Waals surface area contributed by atoms with Gasteiger partial charge in [0.15, 0.2) is 24.8 Å². The van der Waals surface area contributed by atoms with Crippen LogP contribution in [0.4, 0.5) is 5.13 Å². The summed E-state index contributed by atoms with van der Waals surface area (Å²) >= 11 is 1.24. The summed E-state index contributed by atoms with van der Waals surface area (Å²) in [6.07, 6.45) is 1.14. The van der Waals surface area contributed by atoms with Crippen molar-refractivity contribution in [2.75, 3.05) is 44.1 Å². The minimum atomic E-state index is -3.36. The molecule has 0 saturated carbocycles. The summed E-state index contributed by atoms with van der Waals surface area (Å²) in [4.78, 5) is 21.7. The zero-order valence-corrected chi connectivity index (χ0v) is 21.9. The topological polar surface area (TPSA) is 105 Å². The van der Waals surface area contributed by atoms with E-state index in [2.05, 4.69) is 4.98 Å². The largest absolute Gasteiger partial charge is 0.308 e. The lowest BCUT2D eigenvalue weighted by atomic mass is 10.2. The Morgan fingerprint density at radius 1 is 0.970 bits per heavy atom. The van der Waals surface area contributed by atoms with E-state index in [1.165, 1.54) is 46.6 Å². The molecule has 0 aliphatic carbocycles. The van der Waals surface area contributed by atoms with Crippen LogP contribution in [-0.4, -0.2) is 71.8 Å². The van der Waals surface area contributed by atoms with Gasteiger partial charge < -0.3 is 4.90 Å². The van der Waals surface area contributed by atoms with E-state index >= 15 is 0 Å². The van der Waals surface area contributed by atoms with Gasteiger partial charge >= 0.3 is 0 Å². The fourth-order valence-corrected chi connectivity index (χ4v) is 5.59. The Bertz CT molecular complexity index is 1350. The van der Waals surface area contributed by atoms with Gasteiger partial charge in [-0.15, -0.1) is 12.4 Å². The number of hydrogen-bond acceptors (Lipinski definition) is 8. The number of hydrogen-bond donors (Lipinski definition) is 0. The van der Waals surface area contributed by atoms with Crippen LogP contribution >= 0.6 is 23.7 Å². The van der Waals surface area contributed by atoms with Crippen LogP contribution in [0.25, 0.3) is 10.2 Å². The molecule has 0 N–H and O–H groups in total. The molecule has 12 heteroatoms. The van der Waals surface area contributed by atoms with E-state index in [9.17, 15) is 21.6 Å². The second kappa shape index (κ2) is 10.5. The molecule has 33 heavy (non-hydrogen) atoms. The summed E-state index contributed by atoms with van der Waals surface area (Å²) in [5, 5.41) is 0.447. The number of sulfone groups is 2. The van der Waals surface area contributed by atoms with Gasteiger partial charge in [-0.2, -0.15) is 0 Å². The summed E-state index contributed by atoms with van der Waals surface area (Å²) in [6.45, 7) is 2.51. The molecule has 3 aromatic rings. The monoisotopic (exact) mass is 531 g/mol. The molecular formula is C21H26ClN3O5S3. The number of benzene rings is 2. The second-order valence-electron chi connectivity index (χ2n) is 7.59. The second-order valence-corrected chi connectivity index (χ2v) is 12.9. The molecule has 1 aromatic heterocycles. The van der Waals surface area contributed by atoms with Gasteiger partial charge in [-0.3, -0.25) is 9.69 Å². The molecule has 8 nitrogen and oxygen atoms in total. The van der Waals surface area contributed by atoms with Crippen LogP contribution in [-0.2, 0) is 19.7 Å². The first kappa shape index (κ1) is 27.2. The van der Waals surface area contributed by atoms with E-state index in [-0.39, 0.29) is 33.9 Å². The highest BCUT2D eigenvalue weighted by molar-refractivity contribution is 7.91. The molecule has 0 aliphatic heterocycles. The van der Waals surface area contributed by atoms with Crippen LogP contribution in [0.1, 0.15) is 17.3 Å². The molecule has 2 aromatic carbocycles. The third-order valence-electron chi connectivity index (χ3n) is 4.86. The number of carbonyl (C=O) groups is 1. The number of anilines is 1. The van der Waals surface area contributed by atoms with Crippen LogP contribution in [0.15, 0.2) is 52.3 Å². The SMILES string of the molecule is CCS(=O)(=O)c1ccc(C(=O)N(CCN(C)C)c2nc3ccc(S(C)(=O)=O)cc3s2)cc1.Cl. The number of thiazole rings is 1. The molecule has 1 heterocycles. The number of fused-ring (bicyclic) bond motifs is 1. The van der Waals surface area contributed by atoms with Crippen LogP contribution in [0, 0.1) is 0 Å². The fraction of sp³-hybridized carbons (Fsp3) is 0.333. The first-order chi connectivity index (χ1) is 14.9. The third kappa shape index (κ3) is 6.30. The number of aromatic nitrogens is 1. The van der Waals surface area contributed by atoms with E-state index in [1.807, 2.05) is 19.0 Å². The molecule has 0 unspecified atom stereocenters. The first-order valence-corrected chi connectivity index (χ1v) is 14.2. The van der Waals surface area contributed by atoms with Crippen molar-refractivity contribution >= 4 is 64.7 Å². The van der Waals surface area contributed by atoms with Gasteiger partial charge in [-0.25, -0.2) is 21.8 Å². The van der Waals surface area contributed by atoms with Gasteiger partial charge in [0.05, 0.1) is 25.8 Å². The molecule has 0 bridgehead atoms. The summed E-state index contributed by atoms with van der Waals surface area (Å²) in [5.41, 5.74) is 0.944. The van der Waals surface area contributed by atoms with Gasteiger partial charge in [0.1, 0.15) is 0 Å². The molecule has 0 aliphatic rings. The van der Waals surface area contributed by atoms with Gasteiger partial charge in [-0.1, -0.05) is 18.3 Å². The highest BCUT2D eigenvalue weighted by atomic mass is 35.5. The van der Waals surface area contributed by atoms with Crippen molar-refractivity contribution < 1.29 is 21.6 Å². The molecule has 180 valence electrons. The van der Waals surface area contributed by atoms with E-state index in [0.29, 0.717) is 34.0 Å². The summed E-state index contributed by atoms with van der Waals surface area (Å²) in [7, 11) is -2.94. The average Bonchev–Trinajstić information content (AvgIpc) is 3.16. The van der Waals surface area contributed by atoms with Crippen LogP contribution in [0.3, 0.4) is 0 Å². The van der Waals surface area contributed by atoms with Gasteiger partial charge in [0.2, 0.25) is 0 Å². The Kier molecular flexibility index (Phi) is 8.63. The number of carbonyl (C=O) groups excluding carboxylic acids is 1. The van der Waals surface area contributed by atoms with Crippen LogP contribution < -0.4 is 4.90 Å². The molecule has 0 radical (unpaired) electrons. The molecule has 0 spiro atoms. The predicted octanol–water partition coefficient (Wildman–Crippen LogP) is 3.12. The smallest absolute Gasteiger partial charge is 0.260 e. The van der Waals surface area contributed by atoms with Crippen molar-refractivity contribution in [3.63, 3.8) is 0 Å². The summed E-state index contributed by atoms with van der Waals surface area (Å²) in [6, 6.07) is 10.6. The van der Waals surface area contributed by atoms with Crippen LogP contribution in [0.2, 0.25) is 0 Å². The minimum absolute atomic E-state index is 0. The van der Waals surface area contributed by atoms with Gasteiger partial charge in [0.25, 0.3) is 5.91 Å². The van der Waals surface area contributed by atoms with E-state index in [0.717, 1.165) is 6.26 Å². The van der Waals surface area contributed by atoms with Crippen LogP contribution in [0.5, 0.6) is 0 Å². The molecule has 0 saturated heterocycles. The van der Waals surface area contributed by atoms with Gasteiger partial charge in [0, 0.05) is 24.9 Å². The Balaban J connectivity index is 0.00000385. The zero-order valence-electron chi connectivity index (χ0n) is 18.7. The number of nitrogens with zero attached hydrogens (tertiary/aromatic N) is 3. The average molecular weight is 532 g/mol. The van der Waals surface area contributed by atoms with E-state index in [4.69, 9.17) is 0 Å². The minimum Gasteiger partial charge on any atom is -0.308 e. The van der Waals surface area contributed by atoms with Crippen molar-refractivity contribution in [3.05, 3.63) is 48.0 Å². The Morgan fingerprint density at radius 2 is 1.58 bits per heavy atom. The van der Waals surface area contributed by atoms with Crippen molar-refractivity contribution in [2.24, 2.45) is 0 Å². The maximum absolute atomic E-state index is 13.3. The summed E-state index contributed by atoms with van der Waals surface area (Å²) < 4.78 is 48.5. The number of likely N-dealkylation sites (N-methyl/N-ethyl adjacent to an activating group) is 1. The van der Waals surface area contributed by atoms with Crippen molar-refractivity contribution in [3.8, 4) is 0 Å². The lowest BCUT2D eigenvalue weighted by Crippen LogP contribution is -2.36. The lowest BCUT2D eigenvalue weighted by Gasteiger charge is -2.22. The van der Waals surface area contributed by atoms with Gasteiger partial charge in [-0.05, 0) is 56.6 Å². The maximum Gasteiger partial charge on any atom is 0.260 e. The number of halogens is 1. The standard InChI is InChI=1S/C21H25N3O5S3.ClH/c1-5-32(28,29)16-8-6-15(7-9-16)20(25)24(13-12-23(2)3)21-22-18-11-10-17(31(4,26)27)14-19(18)30-21;/h6-11,14H,5,12-13H2,1-4H3;1H. The highest BCUT2D eigenvalue weighted by Crippen LogP contribution is 2.31. The third-order valence-corrected chi connectivity index (χ3v) is 8.77. The van der Waals surface area contributed by atoms with Crippen molar-refractivity contribution in [1.29, 1.82) is 0 Å². The maximum atomic E-state index is 13.3. The molecule has 0 atom stereocenters. The zero-order chi connectivity index (χ0) is 23.7. The first-order valence-electron chi connectivity index (χ1n) is 9.82. The molecular weight excluding hydrogens is 506 g/mol. The number of amides is 1. The predicted molar refractivity (Wildman–Crippen MR) is 134 cm³/mol. The Morgan fingerprint density at radius 3 is 2.12 bits per heavy atom. The molecule has 1 amide bonds. The Hall–Kier alpha value is -2.05. The van der Waals surface area contributed by atoms with E-state index in [1.54, 1.807) is 19.1 Å².